The Bertz CT molecular complexity index is 5310. The number of carbonyl (C=O) groups is 3. The zero-order valence-corrected chi connectivity index (χ0v) is 46.7. The number of aromatic carboxylic acids is 3. The van der Waals surface area contributed by atoms with Crippen molar-refractivity contribution in [2.75, 3.05) is 5.73 Å². The molecule has 8 rings (SSSR count). The molecule has 8 aromatic carbocycles. The first kappa shape index (κ1) is 63.0. The van der Waals surface area contributed by atoms with Crippen LogP contribution in [-0.4, -0.2) is 126 Å². The highest BCUT2D eigenvalue weighted by Crippen LogP contribution is 2.51. The van der Waals surface area contributed by atoms with Crippen LogP contribution in [0, 0.1) is 0 Å². The van der Waals surface area contributed by atoms with Gasteiger partial charge >= 0.3 is 17.9 Å². The van der Waals surface area contributed by atoms with Gasteiger partial charge in [0.25, 0.3) is 60.7 Å². The standard InChI is InChI=1S/C45H29N9O27S6/c46-35-29(51-48-26-8-7-20-24(42(26)87(79,80)81)13-32(85(73,74)75)37(39(20)55)54-49-27-9-17(43(58)59)2-5-21(27)44(60)61)15-30(83(67,68)69)25-14-33(86(76,77)78)38(41(57)34(25)35)52-47-18-3-1-16-10-31(84(70,71)72)36(40(56)23(16)11-18)53-50-28-12-19(82(64,65)66)4-6-22(28)45(62)63/h1-15,55-57H,46H2,(H,58,59)(H,60,61)(H,62,63)(H,64,65,66)(H,67,68,69)(H,70,71,72)(H,73,74,75)(H,76,77,78)(H,79,80,81). The molecule has 0 heterocycles. The van der Waals surface area contributed by atoms with Gasteiger partial charge in [0.2, 0.25) is 0 Å². The van der Waals surface area contributed by atoms with Gasteiger partial charge in [0.1, 0.15) is 64.3 Å². The number of hydrogen-bond donors (Lipinski definition) is 13. The van der Waals surface area contributed by atoms with E-state index in [4.69, 9.17) is 5.73 Å². The summed E-state index contributed by atoms with van der Waals surface area (Å²) < 4.78 is 213. The van der Waals surface area contributed by atoms with E-state index >= 15 is 0 Å². The molecule has 0 bridgehead atoms. The Balaban J connectivity index is 1.29. The molecule has 36 nitrogen and oxygen atoms in total. The number of phenolic OH excluding ortho intramolecular Hbond substituents is 3. The lowest BCUT2D eigenvalue weighted by atomic mass is 10.0. The normalized spacial score (nSPS) is 13.1. The number of nitrogen functional groups attached to an aromatic ring is 1. The van der Waals surface area contributed by atoms with Gasteiger partial charge in [-0.15, -0.1) is 35.8 Å². The Kier molecular flexibility index (Phi) is 16.0. The second-order valence-electron chi connectivity index (χ2n) is 17.3. The van der Waals surface area contributed by atoms with E-state index in [1.807, 2.05) is 0 Å². The Morgan fingerprint density at radius 3 is 1.36 bits per heavy atom. The summed E-state index contributed by atoms with van der Waals surface area (Å²) in [4.78, 5) is 27.4. The molecule has 452 valence electrons. The zero-order valence-electron chi connectivity index (χ0n) is 41.8. The second kappa shape index (κ2) is 22.1. The van der Waals surface area contributed by atoms with Crippen LogP contribution in [0.4, 0.5) is 51.2 Å². The van der Waals surface area contributed by atoms with Crippen LogP contribution in [0.5, 0.6) is 17.2 Å². The summed E-state index contributed by atoms with van der Waals surface area (Å²) in [5.74, 6) is -9.07. The Morgan fingerprint density at radius 2 is 0.839 bits per heavy atom. The monoisotopic (exact) mass is 1320 g/mol. The Morgan fingerprint density at radius 1 is 0.368 bits per heavy atom. The molecule has 0 spiro atoms. The minimum atomic E-state index is -5.75. The highest BCUT2D eigenvalue weighted by Gasteiger charge is 2.32. The molecule has 0 aliphatic rings. The largest absolute Gasteiger partial charge is 0.505 e. The number of anilines is 1. The van der Waals surface area contributed by atoms with E-state index in [1.165, 1.54) is 0 Å². The number of fused-ring (bicyclic) bond motifs is 3. The first-order valence-electron chi connectivity index (χ1n) is 22.3. The summed E-state index contributed by atoms with van der Waals surface area (Å²) in [6.45, 7) is 0. The predicted molar refractivity (Wildman–Crippen MR) is 291 cm³/mol. The molecule has 0 unspecified atom stereocenters. The SMILES string of the molecule is Nc1c(N=Nc2ccc3c(O)c(N=Nc4cc(C(=O)O)ccc4C(=O)O)c(S(=O)(=O)O)cc3c2S(=O)(=O)O)cc(S(=O)(=O)O)c2cc(S(=O)(=O)O)c(N=Nc3ccc4cc(S(=O)(=O)O)c(N=Nc5cc(S(=O)(=O)O)ccc5C(=O)O)c(O)c4c3)c(O)c12. The van der Waals surface area contributed by atoms with Crippen LogP contribution in [0.25, 0.3) is 32.3 Å². The summed E-state index contributed by atoms with van der Waals surface area (Å²) in [6, 6.07) is 10.0. The average molecular weight is 1320 g/mol. The number of nitrogens with two attached hydrogens (primary N) is 1. The van der Waals surface area contributed by atoms with Crippen LogP contribution in [0.1, 0.15) is 31.1 Å². The molecule has 0 radical (unpaired) electrons. The van der Waals surface area contributed by atoms with Gasteiger partial charge in [0.05, 0.1) is 38.3 Å². The van der Waals surface area contributed by atoms with Crippen molar-refractivity contribution in [3.8, 4) is 17.2 Å². The average Bonchev–Trinajstić information content (AvgIpc) is 0.850. The quantitative estimate of drug-likeness (QED) is 0.0233. The molecule has 14 N–H and O–H groups in total. The van der Waals surface area contributed by atoms with E-state index in [-0.39, 0.29) is 5.39 Å². The summed E-state index contributed by atoms with van der Waals surface area (Å²) in [5.41, 5.74) is -4.46. The molecule has 87 heavy (non-hydrogen) atoms. The smallest absolute Gasteiger partial charge is 0.337 e. The minimum absolute atomic E-state index is 0.263. The molecule has 0 aliphatic heterocycles. The maximum Gasteiger partial charge on any atom is 0.337 e. The Hall–Kier alpha value is -9.99. The molecule has 0 aromatic heterocycles. The molecule has 0 fully saturated rings. The number of phenols is 3. The molecule has 0 saturated carbocycles. The summed E-state index contributed by atoms with van der Waals surface area (Å²) in [5, 5.41) is 87.2. The maximum atomic E-state index is 13.1. The number of carboxylic acid groups (broad SMARTS) is 3. The first-order chi connectivity index (χ1) is 40.1. The van der Waals surface area contributed by atoms with Gasteiger partial charge in [-0.1, -0.05) is 6.07 Å². The van der Waals surface area contributed by atoms with Crippen LogP contribution in [0.15, 0.2) is 161 Å². The predicted octanol–water partition coefficient (Wildman–Crippen LogP) is 8.08. The molecule has 0 saturated heterocycles. The van der Waals surface area contributed by atoms with E-state index in [1.54, 1.807) is 0 Å². The molecule has 0 aliphatic carbocycles. The van der Waals surface area contributed by atoms with Crippen LogP contribution < -0.4 is 5.73 Å². The van der Waals surface area contributed by atoms with Crippen molar-refractivity contribution in [1.29, 1.82) is 0 Å². The lowest BCUT2D eigenvalue weighted by molar-refractivity contribution is 0.0682. The lowest BCUT2D eigenvalue weighted by Crippen LogP contribution is -2.04. The number of rotatable bonds is 17. The number of hydrogen-bond acceptors (Lipinski definition) is 27. The summed E-state index contributed by atoms with van der Waals surface area (Å²) in [7, 11) is -33.1. The number of azo groups is 4. The highest BCUT2D eigenvalue weighted by atomic mass is 32.2. The van der Waals surface area contributed by atoms with Crippen LogP contribution in [-0.2, 0) is 60.7 Å². The van der Waals surface area contributed by atoms with Crippen molar-refractivity contribution in [1.82, 2.24) is 0 Å². The van der Waals surface area contributed by atoms with Crippen molar-refractivity contribution in [3.63, 3.8) is 0 Å². The number of aromatic hydroxyl groups is 3. The topological polar surface area (TPSA) is 624 Å². The first-order valence-corrected chi connectivity index (χ1v) is 31.0. The molecular formula is C45H29N9O27S6. The van der Waals surface area contributed by atoms with Crippen molar-refractivity contribution in [3.05, 3.63) is 108 Å². The van der Waals surface area contributed by atoms with Gasteiger partial charge in [-0.05, 0) is 90.3 Å². The zero-order chi connectivity index (χ0) is 64.6. The number of benzene rings is 8. The van der Waals surface area contributed by atoms with E-state index in [0.717, 1.165) is 36.4 Å². The third-order valence-electron chi connectivity index (χ3n) is 11.9. The van der Waals surface area contributed by atoms with Crippen molar-refractivity contribution in [2.24, 2.45) is 40.9 Å². The van der Waals surface area contributed by atoms with Crippen molar-refractivity contribution >= 4 is 162 Å². The summed E-state index contributed by atoms with van der Waals surface area (Å²) >= 11 is 0. The van der Waals surface area contributed by atoms with Crippen molar-refractivity contribution < 1.29 is 123 Å². The van der Waals surface area contributed by atoms with Gasteiger partial charge in [0.15, 0.2) is 17.2 Å². The van der Waals surface area contributed by atoms with E-state index in [9.17, 15) is 123 Å². The molecular weight excluding hydrogens is 1290 g/mol. The van der Waals surface area contributed by atoms with E-state index in [0.29, 0.717) is 54.6 Å². The van der Waals surface area contributed by atoms with E-state index < -0.39 is 220 Å². The van der Waals surface area contributed by atoms with Gasteiger partial charge in [-0.3, -0.25) is 27.3 Å². The second-order valence-corrected chi connectivity index (χ2v) is 25.7. The fourth-order valence-electron chi connectivity index (χ4n) is 8.09. The van der Waals surface area contributed by atoms with Crippen LogP contribution in [0.3, 0.4) is 0 Å². The molecule has 0 amide bonds. The fraction of sp³-hybridized carbons (Fsp3) is 0. The fourth-order valence-corrected chi connectivity index (χ4v) is 12.1. The van der Waals surface area contributed by atoms with Gasteiger partial charge < -0.3 is 36.4 Å². The van der Waals surface area contributed by atoms with Gasteiger partial charge in [-0.2, -0.15) is 55.6 Å². The van der Waals surface area contributed by atoms with Gasteiger partial charge in [-0.25, -0.2) is 14.4 Å². The summed E-state index contributed by atoms with van der Waals surface area (Å²) in [6.07, 6.45) is 0. The van der Waals surface area contributed by atoms with Crippen molar-refractivity contribution in [2.45, 2.75) is 29.4 Å². The lowest BCUT2D eigenvalue weighted by Gasteiger charge is -2.15. The number of nitrogens with zero attached hydrogens (tertiary/aromatic N) is 8. The molecule has 8 aromatic rings. The van der Waals surface area contributed by atoms with Crippen LogP contribution >= 0.6 is 0 Å². The number of carboxylic acids is 3. The third kappa shape index (κ3) is 12.6. The highest BCUT2D eigenvalue weighted by molar-refractivity contribution is 7.87. The maximum absolute atomic E-state index is 13.1. The van der Waals surface area contributed by atoms with Crippen LogP contribution in [0.2, 0.25) is 0 Å². The Labute approximate surface area is 483 Å². The third-order valence-corrected chi connectivity index (χ3v) is 17.2. The molecule has 0 atom stereocenters. The molecule has 42 heteroatoms. The van der Waals surface area contributed by atoms with E-state index in [2.05, 4.69) is 40.9 Å². The minimum Gasteiger partial charge on any atom is -0.505 e. The van der Waals surface area contributed by atoms with Gasteiger partial charge in [0, 0.05) is 21.5 Å².